The zero-order valence-corrected chi connectivity index (χ0v) is 14.2. The maximum Gasteiger partial charge on any atom is 0.208 e. The van der Waals surface area contributed by atoms with Crippen molar-refractivity contribution in [2.24, 2.45) is 0 Å². The monoisotopic (exact) mass is 336 g/mol. The molecule has 1 N–H and O–H groups in total. The summed E-state index contributed by atoms with van der Waals surface area (Å²) in [6.45, 7) is 2.23. The Balaban J connectivity index is 1.81. The summed E-state index contributed by atoms with van der Waals surface area (Å²) in [6.07, 6.45) is 2.22. The molecule has 0 aliphatic carbocycles. The summed E-state index contributed by atoms with van der Waals surface area (Å²) in [5.74, 6) is 0. The van der Waals surface area contributed by atoms with Gasteiger partial charge in [-0.3, -0.25) is 4.90 Å². The van der Waals surface area contributed by atoms with E-state index < -0.39 is 10.0 Å². The third kappa shape index (κ3) is 3.76. The summed E-state index contributed by atoms with van der Waals surface area (Å²) in [7, 11) is -3.18. The lowest BCUT2D eigenvalue weighted by Crippen LogP contribution is -2.40. The van der Waals surface area contributed by atoms with Crippen LogP contribution in [0.5, 0.6) is 0 Å². The van der Waals surface area contributed by atoms with Crippen molar-refractivity contribution >= 4 is 21.4 Å². The standard InChI is InChI=1S/C16H20N2O2S2/c1-22(19,20)17-11-15(16-7-4-10-21-16)18-9-8-13-5-2-3-6-14(13)12-18/h2-7,10,15,17H,8-9,11-12H2,1H3. The minimum atomic E-state index is -3.18. The number of nitrogens with one attached hydrogen (secondary N) is 1. The first-order valence-electron chi connectivity index (χ1n) is 7.32. The van der Waals surface area contributed by atoms with Gasteiger partial charge in [0, 0.05) is 24.5 Å². The van der Waals surface area contributed by atoms with Gasteiger partial charge < -0.3 is 0 Å². The first-order valence-corrected chi connectivity index (χ1v) is 10.1. The maximum absolute atomic E-state index is 11.5. The number of nitrogens with zero attached hydrogens (tertiary/aromatic N) is 1. The zero-order valence-electron chi connectivity index (χ0n) is 12.5. The molecule has 1 aromatic heterocycles. The van der Waals surface area contributed by atoms with Gasteiger partial charge in [-0.1, -0.05) is 30.3 Å². The molecule has 0 fully saturated rings. The molecule has 0 bridgehead atoms. The minimum absolute atomic E-state index is 0.0862. The van der Waals surface area contributed by atoms with Gasteiger partial charge in [0.05, 0.1) is 12.3 Å². The average Bonchev–Trinajstić information content (AvgIpc) is 3.00. The Morgan fingerprint density at radius 3 is 2.68 bits per heavy atom. The van der Waals surface area contributed by atoms with E-state index in [4.69, 9.17) is 0 Å². The molecule has 0 spiro atoms. The number of benzene rings is 1. The van der Waals surface area contributed by atoms with Crippen molar-refractivity contribution in [3.05, 3.63) is 57.8 Å². The van der Waals surface area contributed by atoms with Gasteiger partial charge in [-0.2, -0.15) is 0 Å². The van der Waals surface area contributed by atoms with Crippen LogP contribution in [-0.4, -0.2) is 32.7 Å². The quantitative estimate of drug-likeness (QED) is 0.912. The van der Waals surface area contributed by atoms with Crippen LogP contribution in [0.2, 0.25) is 0 Å². The minimum Gasteiger partial charge on any atom is -0.290 e. The van der Waals surface area contributed by atoms with E-state index in [-0.39, 0.29) is 6.04 Å². The number of fused-ring (bicyclic) bond motifs is 1. The summed E-state index contributed by atoms with van der Waals surface area (Å²) in [5.41, 5.74) is 2.74. The Hall–Kier alpha value is -1.21. The summed E-state index contributed by atoms with van der Waals surface area (Å²) < 4.78 is 25.6. The first kappa shape index (κ1) is 15.7. The number of hydrogen-bond acceptors (Lipinski definition) is 4. The van der Waals surface area contributed by atoms with Gasteiger partial charge in [-0.25, -0.2) is 13.1 Å². The fourth-order valence-corrected chi connectivity index (χ4v) is 4.23. The molecule has 4 nitrogen and oxygen atoms in total. The highest BCUT2D eigenvalue weighted by Gasteiger charge is 2.26. The smallest absolute Gasteiger partial charge is 0.208 e. The molecular weight excluding hydrogens is 316 g/mol. The van der Waals surface area contributed by atoms with Crippen LogP contribution < -0.4 is 4.72 Å². The molecule has 0 amide bonds. The second-order valence-electron chi connectivity index (χ2n) is 5.64. The lowest BCUT2D eigenvalue weighted by molar-refractivity contribution is 0.183. The molecular formula is C16H20N2O2S2. The van der Waals surface area contributed by atoms with Gasteiger partial charge >= 0.3 is 0 Å². The van der Waals surface area contributed by atoms with E-state index in [1.165, 1.54) is 22.3 Å². The molecule has 2 aromatic rings. The maximum atomic E-state index is 11.5. The van der Waals surface area contributed by atoms with Crippen LogP contribution in [0.25, 0.3) is 0 Å². The summed E-state index contributed by atoms with van der Waals surface area (Å²) in [5, 5.41) is 2.04. The van der Waals surface area contributed by atoms with Crippen LogP contribution in [0.3, 0.4) is 0 Å². The number of hydrogen-bond donors (Lipinski definition) is 1. The summed E-state index contributed by atoms with van der Waals surface area (Å²) >= 11 is 1.68. The zero-order chi connectivity index (χ0) is 15.6. The van der Waals surface area contributed by atoms with Crippen molar-refractivity contribution in [1.82, 2.24) is 9.62 Å². The largest absolute Gasteiger partial charge is 0.290 e. The first-order chi connectivity index (χ1) is 10.5. The molecule has 0 saturated heterocycles. The Bertz CT molecular complexity index is 726. The van der Waals surface area contributed by atoms with E-state index in [0.29, 0.717) is 6.54 Å². The van der Waals surface area contributed by atoms with Crippen LogP contribution in [0, 0.1) is 0 Å². The van der Waals surface area contributed by atoms with Crippen molar-refractivity contribution in [2.45, 2.75) is 19.0 Å². The second-order valence-corrected chi connectivity index (χ2v) is 8.45. The van der Waals surface area contributed by atoms with E-state index in [2.05, 4.69) is 40.0 Å². The number of sulfonamides is 1. The van der Waals surface area contributed by atoms with Crippen LogP contribution in [0.15, 0.2) is 41.8 Å². The van der Waals surface area contributed by atoms with Crippen molar-refractivity contribution in [1.29, 1.82) is 0 Å². The van der Waals surface area contributed by atoms with Crippen LogP contribution >= 0.6 is 11.3 Å². The van der Waals surface area contributed by atoms with E-state index in [0.717, 1.165) is 19.5 Å². The van der Waals surface area contributed by atoms with Gasteiger partial charge in [-0.15, -0.1) is 11.3 Å². The molecule has 118 valence electrons. The predicted octanol–water partition coefficient (Wildman–Crippen LogP) is 2.40. The fraction of sp³-hybridized carbons (Fsp3) is 0.375. The van der Waals surface area contributed by atoms with Gasteiger partial charge in [0.2, 0.25) is 10.0 Å². The lowest BCUT2D eigenvalue weighted by Gasteiger charge is -2.35. The average molecular weight is 336 g/mol. The second kappa shape index (κ2) is 6.50. The molecule has 2 heterocycles. The summed E-state index contributed by atoms with van der Waals surface area (Å²) in [4.78, 5) is 3.57. The molecule has 0 radical (unpaired) electrons. The highest BCUT2D eigenvalue weighted by atomic mass is 32.2. The predicted molar refractivity (Wildman–Crippen MR) is 90.5 cm³/mol. The molecule has 3 rings (SSSR count). The molecule has 1 aliphatic rings. The molecule has 22 heavy (non-hydrogen) atoms. The Morgan fingerprint density at radius 2 is 2.00 bits per heavy atom. The van der Waals surface area contributed by atoms with Crippen LogP contribution in [-0.2, 0) is 23.0 Å². The van der Waals surface area contributed by atoms with E-state index >= 15 is 0 Å². The van der Waals surface area contributed by atoms with Gasteiger partial charge in [0.1, 0.15) is 0 Å². The molecule has 1 atom stereocenters. The number of thiophene rings is 1. The number of rotatable bonds is 5. The van der Waals surface area contributed by atoms with Crippen molar-refractivity contribution in [3.8, 4) is 0 Å². The Morgan fingerprint density at radius 1 is 1.23 bits per heavy atom. The normalized spacial score (nSPS) is 17.1. The van der Waals surface area contributed by atoms with Gasteiger partial charge in [0.25, 0.3) is 0 Å². The lowest BCUT2D eigenvalue weighted by atomic mass is 9.98. The van der Waals surface area contributed by atoms with Gasteiger partial charge in [-0.05, 0) is 29.0 Å². The molecule has 6 heteroatoms. The van der Waals surface area contributed by atoms with E-state index in [9.17, 15) is 8.42 Å². The summed E-state index contributed by atoms with van der Waals surface area (Å²) in [6, 6.07) is 12.7. The van der Waals surface area contributed by atoms with E-state index in [1.54, 1.807) is 11.3 Å². The highest BCUT2D eigenvalue weighted by molar-refractivity contribution is 7.88. The Labute approximate surface area is 135 Å². The Kier molecular flexibility index (Phi) is 4.63. The third-order valence-corrected chi connectivity index (χ3v) is 5.68. The van der Waals surface area contributed by atoms with Crippen molar-refractivity contribution in [2.75, 3.05) is 19.3 Å². The third-order valence-electron chi connectivity index (χ3n) is 4.01. The SMILES string of the molecule is CS(=O)(=O)NCC(c1cccs1)N1CCc2ccccc2C1. The van der Waals surface area contributed by atoms with Crippen molar-refractivity contribution < 1.29 is 8.42 Å². The molecule has 1 unspecified atom stereocenters. The van der Waals surface area contributed by atoms with E-state index in [1.807, 2.05) is 11.4 Å². The molecule has 1 aromatic carbocycles. The van der Waals surface area contributed by atoms with Crippen molar-refractivity contribution in [3.63, 3.8) is 0 Å². The molecule has 0 saturated carbocycles. The fourth-order valence-electron chi connectivity index (χ4n) is 2.90. The topological polar surface area (TPSA) is 49.4 Å². The highest BCUT2D eigenvalue weighted by Crippen LogP contribution is 2.30. The van der Waals surface area contributed by atoms with Crippen LogP contribution in [0.1, 0.15) is 22.0 Å². The molecule has 1 aliphatic heterocycles. The van der Waals surface area contributed by atoms with Gasteiger partial charge in [0.15, 0.2) is 0 Å². The van der Waals surface area contributed by atoms with Crippen LogP contribution in [0.4, 0.5) is 0 Å².